The van der Waals surface area contributed by atoms with Gasteiger partial charge in [0.15, 0.2) is 6.10 Å². The van der Waals surface area contributed by atoms with E-state index in [-0.39, 0.29) is 22.6 Å². The van der Waals surface area contributed by atoms with Gasteiger partial charge in [0, 0.05) is 12.6 Å². The maximum atomic E-state index is 13.4. The Bertz CT molecular complexity index is 1320. The van der Waals surface area contributed by atoms with Crippen molar-refractivity contribution < 1.29 is 67.6 Å². The minimum absolute atomic E-state index is 0.0475. The monoisotopic (exact) mass is 619 g/mol. The Morgan fingerprint density at radius 1 is 0.619 bits per heavy atom. The lowest BCUT2D eigenvalue weighted by Crippen LogP contribution is -2.40. The predicted octanol–water partition coefficient (Wildman–Crippen LogP) is 7.55. The van der Waals surface area contributed by atoms with Crippen molar-refractivity contribution >= 4 is 0 Å². The number of alkyl halides is 11. The molecule has 230 valence electrons. The first-order valence-electron chi connectivity index (χ1n) is 11.6. The second-order valence-corrected chi connectivity index (χ2v) is 8.55. The van der Waals surface area contributed by atoms with Gasteiger partial charge in [-0.2, -0.15) is 48.3 Å². The predicted molar refractivity (Wildman–Crippen MR) is 124 cm³/mol. The summed E-state index contributed by atoms with van der Waals surface area (Å²) >= 11 is 0. The van der Waals surface area contributed by atoms with Crippen LogP contribution in [-0.2, 0) is 0 Å². The van der Waals surface area contributed by atoms with E-state index in [9.17, 15) is 53.4 Å². The summed E-state index contributed by atoms with van der Waals surface area (Å²) in [5.41, 5.74) is 0.0602. The van der Waals surface area contributed by atoms with Crippen molar-refractivity contribution in [1.29, 1.82) is 0 Å². The van der Waals surface area contributed by atoms with Crippen LogP contribution in [0, 0.1) is 0 Å². The van der Waals surface area contributed by atoms with Crippen LogP contribution in [0.3, 0.4) is 0 Å². The lowest BCUT2D eigenvalue weighted by molar-refractivity contribution is -0.253. The van der Waals surface area contributed by atoms with Crippen molar-refractivity contribution in [3.63, 3.8) is 0 Å². The summed E-state index contributed by atoms with van der Waals surface area (Å²) in [6, 6.07) is 12.3. The Kier molecular flexibility index (Phi) is 10.1. The Morgan fingerprint density at radius 2 is 1.02 bits per heavy atom. The number of halogens is 11. The lowest BCUT2D eigenvalue weighted by Gasteiger charge is -2.24. The molecule has 42 heavy (non-hydrogen) atoms. The van der Waals surface area contributed by atoms with Crippen molar-refractivity contribution in [3.05, 3.63) is 83.9 Å². The maximum Gasteiger partial charge on any atom is 0.461 e. The van der Waals surface area contributed by atoms with Crippen molar-refractivity contribution in [1.82, 2.24) is 5.32 Å². The molecule has 3 rings (SSSR count). The van der Waals surface area contributed by atoms with E-state index in [2.05, 4.69) is 14.8 Å². The van der Waals surface area contributed by atoms with Crippen molar-refractivity contribution in [2.45, 2.75) is 43.4 Å². The second-order valence-electron chi connectivity index (χ2n) is 8.55. The topological polar surface area (TPSA) is 60.0 Å². The minimum Gasteiger partial charge on any atom is -0.457 e. The van der Waals surface area contributed by atoms with Gasteiger partial charge >= 0.3 is 31.2 Å². The normalized spacial score (nSPS) is 14.1. The fraction of sp³-hybridized carbons (Fsp3) is 0.308. The van der Waals surface area contributed by atoms with Crippen LogP contribution in [-0.4, -0.2) is 49.0 Å². The van der Waals surface area contributed by atoms with Crippen LogP contribution in [0.25, 0.3) is 0 Å². The number of hydrogen-bond acceptors (Lipinski definition) is 5. The summed E-state index contributed by atoms with van der Waals surface area (Å²) in [6.45, 7) is -1.09. The first-order valence-corrected chi connectivity index (χ1v) is 11.6. The van der Waals surface area contributed by atoms with E-state index in [4.69, 9.17) is 4.74 Å². The summed E-state index contributed by atoms with van der Waals surface area (Å²) in [4.78, 5) is 0. The Balaban J connectivity index is 1.92. The summed E-state index contributed by atoms with van der Waals surface area (Å²) < 4.78 is 156. The maximum absolute atomic E-state index is 13.4. The van der Waals surface area contributed by atoms with Gasteiger partial charge in [0.2, 0.25) is 0 Å². The van der Waals surface area contributed by atoms with Gasteiger partial charge < -0.3 is 24.6 Å². The molecule has 0 saturated carbocycles. The molecule has 3 aromatic rings. The molecular formula is C26H20F11NO4. The van der Waals surface area contributed by atoms with Gasteiger partial charge in [-0.25, -0.2) is 0 Å². The van der Waals surface area contributed by atoms with Crippen LogP contribution >= 0.6 is 0 Å². The van der Waals surface area contributed by atoms with E-state index in [1.54, 1.807) is 0 Å². The molecule has 3 aromatic carbocycles. The molecule has 0 amide bonds. The minimum atomic E-state index is -5.03. The van der Waals surface area contributed by atoms with Crippen LogP contribution in [0.1, 0.15) is 17.2 Å². The Hall–Kier alpha value is -3.79. The van der Waals surface area contributed by atoms with E-state index < -0.39 is 61.4 Å². The van der Waals surface area contributed by atoms with Crippen molar-refractivity contribution in [2.75, 3.05) is 6.54 Å². The highest BCUT2D eigenvalue weighted by Crippen LogP contribution is 2.34. The molecule has 16 heteroatoms. The van der Waals surface area contributed by atoms with Crippen LogP contribution in [0.4, 0.5) is 48.3 Å². The molecule has 2 N–H and O–H groups in total. The molecule has 0 aliphatic rings. The number of rotatable bonds is 13. The molecule has 5 nitrogen and oxygen atoms in total. The molecule has 0 aromatic heterocycles. The third-order valence-electron chi connectivity index (χ3n) is 5.33. The molecule has 0 fully saturated rings. The number of aliphatic hydroxyl groups is 1. The number of benzene rings is 3. The highest BCUT2D eigenvalue weighted by Gasteiger charge is 2.45. The summed E-state index contributed by atoms with van der Waals surface area (Å²) in [6.07, 6.45) is -25.9. The molecule has 2 atom stereocenters. The van der Waals surface area contributed by atoms with Gasteiger partial charge in [0.25, 0.3) is 0 Å². The van der Waals surface area contributed by atoms with Crippen LogP contribution < -0.4 is 19.5 Å². The molecular weight excluding hydrogens is 599 g/mol. The number of nitrogens with one attached hydrogen (secondary N) is 1. The molecule has 2 unspecified atom stereocenters. The smallest absolute Gasteiger partial charge is 0.457 e. The zero-order valence-electron chi connectivity index (χ0n) is 20.8. The molecule has 0 spiro atoms. The number of hydrogen-bond donors (Lipinski definition) is 2. The van der Waals surface area contributed by atoms with Gasteiger partial charge in [-0.3, -0.25) is 0 Å². The van der Waals surface area contributed by atoms with E-state index >= 15 is 0 Å². The Morgan fingerprint density at radius 3 is 1.50 bits per heavy atom. The fourth-order valence-corrected chi connectivity index (χ4v) is 3.43. The molecule has 0 aliphatic heterocycles. The molecule has 0 aliphatic carbocycles. The molecule has 0 saturated heterocycles. The molecule has 0 bridgehead atoms. The standard InChI is InChI=1S/C26H20F11NO4/c27-22(28)25(34,35)41-18-8-2-5-15(11-18)21(38-13-20(39)24(31,32)33)14-4-1-6-16(10-14)40-17-7-3-9-19(12-17)42-26(36,37)23(29)30/h1-12,20-23,38-39H,13H2. The first kappa shape index (κ1) is 32.7. The van der Waals surface area contributed by atoms with E-state index in [1.807, 2.05) is 0 Å². The zero-order chi connectivity index (χ0) is 31.3. The summed E-state index contributed by atoms with van der Waals surface area (Å²) in [5, 5.41) is 11.9. The summed E-state index contributed by atoms with van der Waals surface area (Å²) in [7, 11) is 0. The van der Waals surface area contributed by atoms with Crippen molar-refractivity contribution in [2.24, 2.45) is 0 Å². The first-order chi connectivity index (χ1) is 19.5. The van der Waals surface area contributed by atoms with E-state index in [0.29, 0.717) is 0 Å². The summed E-state index contributed by atoms with van der Waals surface area (Å²) in [5.74, 6) is -1.64. The van der Waals surface area contributed by atoms with Crippen LogP contribution in [0.2, 0.25) is 0 Å². The largest absolute Gasteiger partial charge is 0.461 e. The highest BCUT2D eigenvalue weighted by atomic mass is 19.4. The third kappa shape index (κ3) is 8.85. The van der Waals surface area contributed by atoms with Gasteiger partial charge in [0.05, 0.1) is 6.04 Å². The van der Waals surface area contributed by atoms with Gasteiger partial charge in [-0.1, -0.05) is 30.3 Å². The SMILES string of the molecule is OC(CNC(c1cccc(Oc2cccc(OC(F)(F)C(F)F)c2)c1)c1cccc(OC(F)(F)C(F)F)c1)C(F)(F)F. The van der Waals surface area contributed by atoms with E-state index in [0.717, 1.165) is 36.4 Å². The van der Waals surface area contributed by atoms with Crippen molar-refractivity contribution in [3.8, 4) is 23.0 Å². The molecule has 0 heterocycles. The average Bonchev–Trinajstić information content (AvgIpc) is 2.88. The Labute approximate surface area is 230 Å². The zero-order valence-corrected chi connectivity index (χ0v) is 20.8. The van der Waals surface area contributed by atoms with Crippen LogP contribution in [0.15, 0.2) is 72.8 Å². The fourth-order valence-electron chi connectivity index (χ4n) is 3.43. The van der Waals surface area contributed by atoms with Gasteiger partial charge in [-0.05, 0) is 47.5 Å². The lowest BCUT2D eigenvalue weighted by atomic mass is 9.98. The van der Waals surface area contributed by atoms with E-state index in [1.165, 1.54) is 36.4 Å². The third-order valence-corrected chi connectivity index (χ3v) is 5.33. The average molecular weight is 619 g/mol. The second kappa shape index (κ2) is 13.0. The highest BCUT2D eigenvalue weighted by molar-refractivity contribution is 5.42. The number of aliphatic hydroxyl groups excluding tert-OH is 1. The number of ether oxygens (including phenoxy) is 3. The quantitative estimate of drug-likeness (QED) is 0.194. The van der Waals surface area contributed by atoms with Crippen LogP contribution in [0.5, 0.6) is 23.0 Å². The molecule has 0 radical (unpaired) electrons. The van der Waals surface area contributed by atoms with Gasteiger partial charge in [-0.15, -0.1) is 0 Å². The van der Waals surface area contributed by atoms with Gasteiger partial charge in [0.1, 0.15) is 23.0 Å².